The van der Waals surface area contributed by atoms with Crippen molar-refractivity contribution < 1.29 is 33.0 Å². The van der Waals surface area contributed by atoms with E-state index in [-0.39, 0.29) is 61.0 Å². The van der Waals surface area contributed by atoms with E-state index in [2.05, 4.69) is 10.3 Å². The summed E-state index contributed by atoms with van der Waals surface area (Å²) in [6, 6.07) is 0. The number of carbonyl (C=O) groups excluding carboxylic acids is 3. The predicted octanol–water partition coefficient (Wildman–Crippen LogP) is 3.43. The Balaban J connectivity index is 1.86. The van der Waals surface area contributed by atoms with Crippen molar-refractivity contribution in [3.8, 4) is 0 Å². The standard InChI is InChI=1S/C28H36FN3O6/c1-17(2)26-19(4)9-10-24(34)30-11-5-7-18(3)13-21(33)14-20(29)15-25-31-22(16-37-25)27(35)32-12-6-8-23(32)28(36)38-26/h5,7-10,13,16-17,19-21,26,33H,6,11-12,14-15H2,1-4H3,(H,30,34)/b7-5-,10-9-,18-13-/t19-,20-,21-,26-/m1/s1. The topological polar surface area (TPSA) is 122 Å². The van der Waals surface area contributed by atoms with Crippen molar-refractivity contribution in [2.45, 2.75) is 65.3 Å². The summed E-state index contributed by atoms with van der Waals surface area (Å²) in [5.74, 6) is -1.81. The van der Waals surface area contributed by atoms with Crippen molar-refractivity contribution in [2.24, 2.45) is 11.8 Å². The highest BCUT2D eigenvalue weighted by Gasteiger charge is 2.33. The van der Waals surface area contributed by atoms with Crippen LogP contribution in [0.25, 0.3) is 0 Å². The molecule has 38 heavy (non-hydrogen) atoms. The first-order valence-electron chi connectivity index (χ1n) is 12.9. The minimum absolute atomic E-state index is 0.0237. The van der Waals surface area contributed by atoms with Crippen LogP contribution in [-0.2, 0) is 20.7 Å². The third kappa shape index (κ3) is 7.98. The number of hydrogen-bond acceptors (Lipinski definition) is 7. The van der Waals surface area contributed by atoms with Gasteiger partial charge in [-0.2, -0.15) is 0 Å². The van der Waals surface area contributed by atoms with E-state index >= 15 is 0 Å². The molecule has 9 nitrogen and oxygen atoms in total. The van der Waals surface area contributed by atoms with Gasteiger partial charge in [0.1, 0.15) is 24.2 Å². The van der Waals surface area contributed by atoms with E-state index in [1.165, 1.54) is 17.1 Å². The number of fused-ring (bicyclic) bond motifs is 3. The summed E-state index contributed by atoms with van der Waals surface area (Å²) in [6.45, 7) is 7.96. The number of halogens is 1. The van der Waals surface area contributed by atoms with Crippen LogP contribution in [0, 0.1) is 11.8 Å². The van der Waals surface area contributed by atoms with Crippen LogP contribution in [0.3, 0.4) is 0 Å². The molecule has 2 aliphatic rings. The number of ether oxygens (including phenoxy) is 1. The smallest absolute Gasteiger partial charge is 0.355 e. The molecule has 3 rings (SSSR count). The van der Waals surface area contributed by atoms with Crippen LogP contribution in [0.2, 0.25) is 0 Å². The largest absolute Gasteiger partial charge is 0.457 e. The second-order valence-corrected chi connectivity index (χ2v) is 9.96. The number of carbonyl (C=O) groups is 3. The number of esters is 1. The first-order valence-corrected chi connectivity index (χ1v) is 12.9. The minimum Gasteiger partial charge on any atom is -0.457 e. The van der Waals surface area contributed by atoms with Crippen LogP contribution < -0.4 is 5.32 Å². The first-order chi connectivity index (χ1) is 18.0. The van der Waals surface area contributed by atoms with E-state index in [4.69, 9.17) is 9.15 Å². The Morgan fingerprint density at radius 3 is 2.74 bits per heavy atom. The SMILES string of the molecule is CC1=C/[C@@H](O)C[C@@H](F)Cc2nc(co2)C(=O)N2CCC=C2C(=O)O[C@H](C(C)C)[C@H](C)/C=C\C(=O)NC/C=C\1. The van der Waals surface area contributed by atoms with E-state index < -0.39 is 30.3 Å². The van der Waals surface area contributed by atoms with Crippen LogP contribution in [0.4, 0.5) is 4.39 Å². The molecule has 2 N–H and O–H groups in total. The zero-order chi connectivity index (χ0) is 27.8. The van der Waals surface area contributed by atoms with Gasteiger partial charge in [-0.15, -0.1) is 0 Å². The highest BCUT2D eigenvalue weighted by molar-refractivity contribution is 6.00. The Hall–Kier alpha value is -3.53. The number of aliphatic hydroxyl groups excluding tert-OH is 1. The average Bonchev–Trinajstić information content (AvgIpc) is 3.52. The third-order valence-electron chi connectivity index (χ3n) is 6.30. The van der Waals surface area contributed by atoms with Gasteiger partial charge in [-0.3, -0.25) is 9.59 Å². The molecule has 206 valence electrons. The van der Waals surface area contributed by atoms with Crippen molar-refractivity contribution in [1.82, 2.24) is 15.2 Å². The number of aromatic nitrogens is 1. The number of oxazole rings is 1. The Morgan fingerprint density at radius 1 is 1.24 bits per heavy atom. The van der Waals surface area contributed by atoms with Gasteiger partial charge in [0.15, 0.2) is 11.6 Å². The van der Waals surface area contributed by atoms with Crippen molar-refractivity contribution in [1.29, 1.82) is 0 Å². The third-order valence-corrected chi connectivity index (χ3v) is 6.30. The molecule has 0 saturated heterocycles. The van der Waals surface area contributed by atoms with Crippen LogP contribution in [0.15, 0.2) is 58.4 Å². The van der Waals surface area contributed by atoms with Gasteiger partial charge in [0.25, 0.3) is 5.91 Å². The molecule has 0 aromatic carbocycles. The van der Waals surface area contributed by atoms with Gasteiger partial charge >= 0.3 is 5.97 Å². The fourth-order valence-corrected chi connectivity index (χ4v) is 4.41. The normalized spacial score (nSPS) is 29.6. The summed E-state index contributed by atoms with van der Waals surface area (Å²) in [5, 5.41) is 13.0. The molecule has 2 bridgehead atoms. The molecule has 0 saturated carbocycles. The molecular weight excluding hydrogens is 493 g/mol. The summed E-state index contributed by atoms with van der Waals surface area (Å²) in [5.41, 5.74) is 0.773. The van der Waals surface area contributed by atoms with Gasteiger partial charge < -0.3 is 24.5 Å². The summed E-state index contributed by atoms with van der Waals surface area (Å²) in [6.07, 6.45) is 7.87. The zero-order valence-electron chi connectivity index (χ0n) is 22.2. The van der Waals surface area contributed by atoms with E-state index in [1.807, 2.05) is 20.8 Å². The summed E-state index contributed by atoms with van der Waals surface area (Å²) < 4.78 is 25.7. The number of amides is 2. The molecule has 0 radical (unpaired) electrons. The van der Waals surface area contributed by atoms with Crippen molar-refractivity contribution in [3.63, 3.8) is 0 Å². The molecule has 0 aliphatic carbocycles. The fraction of sp³-hybridized carbons (Fsp3) is 0.500. The number of aliphatic hydroxyl groups is 1. The molecule has 4 atom stereocenters. The van der Waals surface area contributed by atoms with Crippen LogP contribution in [0.5, 0.6) is 0 Å². The maximum atomic E-state index is 14.6. The molecular formula is C28H36FN3O6. The fourth-order valence-electron chi connectivity index (χ4n) is 4.41. The Labute approximate surface area is 222 Å². The van der Waals surface area contributed by atoms with Gasteiger partial charge in [-0.05, 0) is 25.3 Å². The molecule has 10 heteroatoms. The van der Waals surface area contributed by atoms with E-state index in [0.717, 1.165) is 6.26 Å². The highest BCUT2D eigenvalue weighted by Crippen LogP contribution is 2.25. The van der Waals surface area contributed by atoms with Gasteiger partial charge in [-0.25, -0.2) is 14.2 Å². The Bertz CT molecular complexity index is 1140. The number of nitrogens with one attached hydrogen (secondary N) is 1. The zero-order valence-corrected chi connectivity index (χ0v) is 22.2. The number of hydrogen-bond donors (Lipinski definition) is 2. The minimum atomic E-state index is -1.46. The maximum absolute atomic E-state index is 14.6. The molecule has 2 aliphatic heterocycles. The van der Waals surface area contributed by atoms with E-state index in [9.17, 15) is 23.9 Å². The lowest BCUT2D eigenvalue weighted by atomic mass is 9.94. The maximum Gasteiger partial charge on any atom is 0.355 e. The van der Waals surface area contributed by atoms with Gasteiger partial charge in [0, 0.05) is 25.4 Å². The number of allylic oxidation sites excluding steroid dienone is 2. The van der Waals surface area contributed by atoms with Gasteiger partial charge in [-0.1, -0.05) is 56.7 Å². The molecule has 2 amide bonds. The Morgan fingerprint density at radius 2 is 2.00 bits per heavy atom. The predicted molar refractivity (Wildman–Crippen MR) is 138 cm³/mol. The van der Waals surface area contributed by atoms with Crippen molar-refractivity contribution in [3.05, 3.63) is 65.6 Å². The second-order valence-electron chi connectivity index (χ2n) is 9.96. The van der Waals surface area contributed by atoms with Crippen LogP contribution >= 0.6 is 0 Å². The van der Waals surface area contributed by atoms with E-state index in [0.29, 0.717) is 12.0 Å². The number of cyclic esters (lactones) is 1. The summed E-state index contributed by atoms with van der Waals surface area (Å²) in [7, 11) is 0. The molecule has 0 spiro atoms. The first kappa shape index (κ1) is 29.0. The van der Waals surface area contributed by atoms with Crippen LogP contribution in [0.1, 0.15) is 56.9 Å². The second kappa shape index (κ2) is 13.3. The number of nitrogens with zero attached hydrogens (tertiary/aromatic N) is 2. The summed E-state index contributed by atoms with van der Waals surface area (Å²) in [4.78, 5) is 43.9. The highest BCUT2D eigenvalue weighted by atomic mass is 19.1. The molecule has 1 aromatic heterocycles. The molecule has 1 aromatic rings. The monoisotopic (exact) mass is 529 g/mol. The van der Waals surface area contributed by atoms with E-state index in [1.54, 1.807) is 31.2 Å². The molecule has 0 unspecified atom stereocenters. The lowest BCUT2D eigenvalue weighted by Gasteiger charge is -2.27. The number of rotatable bonds is 1. The van der Waals surface area contributed by atoms with Crippen molar-refractivity contribution >= 4 is 17.8 Å². The summed E-state index contributed by atoms with van der Waals surface area (Å²) >= 11 is 0. The average molecular weight is 530 g/mol. The van der Waals surface area contributed by atoms with Gasteiger partial charge in [0.05, 0.1) is 12.5 Å². The quantitative estimate of drug-likeness (QED) is 0.535. The Kier molecular flexibility index (Phi) is 10.2. The lowest BCUT2D eigenvalue weighted by molar-refractivity contribution is -0.149. The lowest BCUT2D eigenvalue weighted by Crippen LogP contribution is -2.36. The molecule has 0 fully saturated rings. The van der Waals surface area contributed by atoms with Gasteiger partial charge in [0.2, 0.25) is 5.91 Å². The van der Waals surface area contributed by atoms with Crippen molar-refractivity contribution in [2.75, 3.05) is 13.1 Å². The number of alkyl halides is 1. The molecule has 3 heterocycles. The van der Waals surface area contributed by atoms with Crippen LogP contribution in [-0.4, -0.2) is 64.2 Å².